The minimum absolute atomic E-state index is 0.632. The van der Waals surface area contributed by atoms with Crippen molar-refractivity contribution < 1.29 is 9.47 Å². The fourth-order valence-electron chi connectivity index (χ4n) is 2.65. The van der Waals surface area contributed by atoms with Crippen LogP contribution in [0.4, 0.5) is 0 Å². The maximum absolute atomic E-state index is 5.38. The molecule has 2 aromatic carbocycles. The van der Waals surface area contributed by atoms with Crippen molar-refractivity contribution in [2.24, 2.45) is 0 Å². The molecule has 120 valence electrons. The minimum Gasteiger partial charge on any atom is -0.493 e. The van der Waals surface area contributed by atoms with Gasteiger partial charge in [0, 0.05) is 21.5 Å². The monoisotopic (exact) mass is 384 g/mol. The summed E-state index contributed by atoms with van der Waals surface area (Å²) in [6, 6.07) is 11.6. The molecule has 7 heteroatoms. The lowest BCUT2D eigenvalue weighted by Gasteiger charge is -2.09. The summed E-state index contributed by atoms with van der Waals surface area (Å²) in [5, 5.41) is 9.52. The molecule has 24 heavy (non-hydrogen) atoms. The minimum atomic E-state index is 0.632. The summed E-state index contributed by atoms with van der Waals surface area (Å²) in [5.74, 6) is 2.00. The van der Waals surface area contributed by atoms with E-state index in [-0.39, 0.29) is 0 Å². The van der Waals surface area contributed by atoms with Gasteiger partial charge in [-0.15, -0.1) is 10.2 Å². The third-order valence-corrected chi connectivity index (χ3v) is 4.38. The molecule has 0 fully saturated rings. The van der Waals surface area contributed by atoms with Gasteiger partial charge in [-0.2, -0.15) is 0 Å². The van der Waals surface area contributed by atoms with E-state index in [4.69, 9.17) is 9.47 Å². The SMILES string of the molecule is COc1cc2ncn3c(-c4ccc(Br)cc4)nnc3c2cc1OC. The number of fused-ring (bicyclic) bond motifs is 3. The van der Waals surface area contributed by atoms with Crippen LogP contribution in [-0.4, -0.2) is 33.8 Å². The molecular formula is C17H13BrN4O2. The Hall–Kier alpha value is -2.67. The van der Waals surface area contributed by atoms with Gasteiger partial charge in [-0.05, 0) is 18.2 Å². The Bertz CT molecular complexity index is 1040. The second kappa shape index (κ2) is 5.76. The van der Waals surface area contributed by atoms with Crippen LogP contribution in [0, 0.1) is 0 Å². The fourth-order valence-corrected chi connectivity index (χ4v) is 2.92. The molecule has 2 aromatic heterocycles. The van der Waals surface area contributed by atoms with Gasteiger partial charge in [-0.3, -0.25) is 4.40 Å². The largest absolute Gasteiger partial charge is 0.493 e. The summed E-state index contributed by atoms with van der Waals surface area (Å²) in [4.78, 5) is 4.51. The van der Waals surface area contributed by atoms with E-state index in [9.17, 15) is 0 Å². The Labute approximate surface area is 146 Å². The van der Waals surface area contributed by atoms with Gasteiger partial charge >= 0.3 is 0 Å². The van der Waals surface area contributed by atoms with Crippen LogP contribution in [0.25, 0.3) is 27.9 Å². The zero-order valence-electron chi connectivity index (χ0n) is 13.0. The van der Waals surface area contributed by atoms with Crippen molar-refractivity contribution in [1.82, 2.24) is 19.6 Å². The van der Waals surface area contributed by atoms with Crippen LogP contribution >= 0.6 is 15.9 Å². The summed E-state index contributed by atoms with van der Waals surface area (Å²) < 4.78 is 13.6. The van der Waals surface area contributed by atoms with E-state index in [1.165, 1.54) is 0 Å². The average Bonchev–Trinajstić information content (AvgIpc) is 3.05. The predicted molar refractivity (Wildman–Crippen MR) is 94.5 cm³/mol. The van der Waals surface area contributed by atoms with E-state index >= 15 is 0 Å². The molecule has 6 nitrogen and oxygen atoms in total. The Morgan fingerprint density at radius 2 is 1.67 bits per heavy atom. The van der Waals surface area contributed by atoms with Crippen LogP contribution in [0.1, 0.15) is 0 Å². The molecule has 0 saturated heterocycles. The molecule has 0 saturated carbocycles. The quantitative estimate of drug-likeness (QED) is 0.538. The number of nitrogens with zero attached hydrogens (tertiary/aromatic N) is 4. The number of aromatic nitrogens is 4. The van der Waals surface area contributed by atoms with Gasteiger partial charge < -0.3 is 9.47 Å². The van der Waals surface area contributed by atoms with Gasteiger partial charge in [0.2, 0.25) is 0 Å². The van der Waals surface area contributed by atoms with Crippen molar-refractivity contribution in [2.45, 2.75) is 0 Å². The Morgan fingerprint density at radius 1 is 0.958 bits per heavy atom. The van der Waals surface area contributed by atoms with Crippen molar-refractivity contribution in [2.75, 3.05) is 14.2 Å². The molecule has 4 rings (SSSR count). The van der Waals surface area contributed by atoms with Gasteiger partial charge in [-0.25, -0.2) is 4.98 Å². The van der Waals surface area contributed by atoms with E-state index in [1.54, 1.807) is 20.5 Å². The third-order valence-electron chi connectivity index (χ3n) is 3.85. The molecule has 0 radical (unpaired) electrons. The van der Waals surface area contributed by atoms with Crippen LogP contribution < -0.4 is 9.47 Å². The highest BCUT2D eigenvalue weighted by Gasteiger charge is 2.14. The van der Waals surface area contributed by atoms with E-state index in [1.807, 2.05) is 40.8 Å². The van der Waals surface area contributed by atoms with Gasteiger partial charge in [0.25, 0.3) is 0 Å². The smallest absolute Gasteiger partial charge is 0.171 e. The van der Waals surface area contributed by atoms with Gasteiger partial charge in [-0.1, -0.05) is 28.1 Å². The van der Waals surface area contributed by atoms with Crippen LogP contribution in [0.5, 0.6) is 11.5 Å². The molecule has 2 heterocycles. The molecule has 4 aromatic rings. The molecule has 0 aliphatic rings. The molecule has 0 amide bonds. The number of halogens is 1. The summed E-state index contributed by atoms with van der Waals surface area (Å²) in [5.41, 5.74) is 2.46. The van der Waals surface area contributed by atoms with Crippen molar-refractivity contribution in [3.8, 4) is 22.9 Å². The van der Waals surface area contributed by atoms with Crippen LogP contribution in [0.15, 0.2) is 47.2 Å². The first-order chi connectivity index (χ1) is 11.7. The Kier molecular flexibility index (Phi) is 3.57. The van der Waals surface area contributed by atoms with E-state index in [0.29, 0.717) is 11.5 Å². The molecule has 0 aliphatic heterocycles. The molecule has 0 aliphatic carbocycles. The lowest BCUT2D eigenvalue weighted by molar-refractivity contribution is 0.356. The summed E-state index contributed by atoms with van der Waals surface area (Å²) in [7, 11) is 3.21. The van der Waals surface area contributed by atoms with Gasteiger partial charge in [0.15, 0.2) is 23.0 Å². The lowest BCUT2D eigenvalue weighted by Crippen LogP contribution is -1.95. The van der Waals surface area contributed by atoms with Crippen molar-refractivity contribution >= 4 is 32.5 Å². The van der Waals surface area contributed by atoms with Gasteiger partial charge in [0.1, 0.15) is 6.33 Å². The highest BCUT2D eigenvalue weighted by atomic mass is 79.9. The maximum Gasteiger partial charge on any atom is 0.171 e. The lowest BCUT2D eigenvalue weighted by atomic mass is 10.2. The number of rotatable bonds is 3. The number of hydrogen-bond donors (Lipinski definition) is 0. The molecule has 0 atom stereocenters. The fraction of sp³-hybridized carbons (Fsp3) is 0.118. The first-order valence-corrected chi connectivity index (χ1v) is 8.02. The topological polar surface area (TPSA) is 61.5 Å². The Balaban J connectivity index is 1.98. The second-order valence-corrected chi connectivity index (χ2v) is 6.11. The van der Waals surface area contributed by atoms with E-state index < -0.39 is 0 Å². The highest BCUT2D eigenvalue weighted by Crippen LogP contribution is 2.33. The third kappa shape index (κ3) is 2.28. The number of hydrogen-bond acceptors (Lipinski definition) is 5. The first-order valence-electron chi connectivity index (χ1n) is 7.22. The summed E-state index contributed by atoms with van der Waals surface area (Å²) in [6.07, 6.45) is 1.72. The van der Waals surface area contributed by atoms with Crippen molar-refractivity contribution in [1.29, 1.82) is 0 Å². The van der Waals surface area contributed by atoms with Crippen LogP contribution in [-0.2, 0) is 0 Å². The summed E-state index contributed by atoms with van der Waals surface area (Å²) in [6.45, 7) is 0. The zero-order chi connectivity index (χ0) is 16.7. The van der Waals surface area contributed by atoms with Crippen molar-refractivity contribution in [3.63, 3.8) is 0 Å². The zero-order valence-corrected chi connectivity index (χ0v) is 14.6. The number of ether oxygens (including phenoxy) is 2. The van der Waals surface area contributed by atoms with Crippen molar-refractivity contribution in [3.05, 3.63) is 47.2 Å². The highest BCUT2D eigenvalue weighted by molar-refractivity contribution is 9.10. The van der Waals surface area contributed by atoms with Crippen LogP contribution in [0.3, 0.4) is 0 Å². The number of methoxy groups -OCH3 is 2. The molecule has 0 N–H and O–H groups in total. The van der Waals surface area contributed by atoms with E-state index in [2.05, 4.69) is 31.1 Å². The molecule has 0 spiro atoms. The second-order valence-electron chi connectivity index (χ2n) is 5.19. The first kappa shape index (κ1) is 14.9. The normalized spacial score (nSPS) is 11.1. The predicted octanol–water partition coefficient (Wildman–Crippen LogP) is 3.72. The molecular weight excluding hydrogens is 372 g/mol. The van der Waals surface area contributed by atoms with Crippen LogP contribution in [0.2, 0.25) is 0 Å². The molecule has 0 bridgehead atoms. The molecule has 0 unspecified atom stereocenters. The van der Waals surface area contributed by atoms with Gasteiger partial charge in [0.05, 0.1) is 19.7 Å². The average molecular weight is 385 g/mol. The van der Waals surface area contributed by atoms with E-state index in [0.717, 1.165) is 32.4 Å². The maximum atomic E-state index is 5.38. The number of benzene rings is 2. The summed E-state index contributed by atoms with van der Waals surface area (Å²) >= 11 is 3.44. The Morgan fingerprint density at radius 3 is 2.38 bits per heavy atom. The standard InChI is InChI=1S/C17H13BrN4O2/c1-23-14-7-12-13(8-15(14)24-2)19-9-22-16(20-21-17(12)22)10-3-5-11(18)6-4-10/h3-9H,1-2H3.